The summed E-state index contributed by atoms with van der Waals surface area (Å²) in [6.07, 6.45) is 0. The van der Waals surface area contributed by atoms with Gasteiger partial charge in [-0.1, -0.05) is 42.1 Å². The molecule has 0 aliphatic carbocycles. The molecule has 0 atom stereocenters. The minimum absolute atomic E-state index is 0.826. The summed E-state index contributed by atoms with van der Waals surface area (Å²) >= 11 is 1.02. The number of para-hydroxylation sites is 2. The third-order valence-electron chi connectivity index (χ3n) is 4.85. The van der Waals surface area contributed by atoms with Crippen LogP contribution in [0.1, 0.15) is 0 Å². The molecule has 152 valence electrons. The van der Waals surface area contributed by atoms with Gasteiger partial charge in [-0.05, 0) is 30.0 Å². The van der Waals surface area contributed by atoms with Gasteiger partial charge in [0.25, 0.3) is 0 Å². The predicted molar refractivity (Wildman–Crippen MR) is 132 cm³/mol. The molecule has 0 spiro atoms. The van der Waals surface area contributed by atoms with Crippen LogP contribution in [0.15, 0.2) is 125 Å². The van der Waals surface area contributed by atoms with E-state index in [1.807, 2.05) is 42.1 Å². The average Bonchev–Trinajstić information content (AvgIpc) is 3.51. The van der Waals surface area contributed by atoms with E-state index in [1.54, 1.807) is 0 Å². The second-order valence-corrected chi connectivity index (χ2v) is 11.6. The molecule has 6 rings (SSSR count). The molecule has 31 heavy (non-hydrogen) atoms. The van der Waals surface area contributed by atoms with Crippen molar-refractivity contribution >= 4 is 56.6 Å². The van der Waals surface area contributed by atoms with Crippen molar-refractivity contribution < 1.29 is 20.8 Å². The molecule has 0 amide bonds. The summed E-state index contributed by atoms with van der Waals surface area (Å²) in [5.74, 6) is 0. The Balaban J connectivity index is 0.000000247. The number of halogens is 2. The van der Waals surface area contributed by atoms with Crippen LogP contribution >= 0.6 is 28.8 Å². The van der Waals surface area contributed by atoms with Crippen LogP contribution in [0, 0.1) is 0 Å². The van der Waals surface area contributed by atoms with E-state index in [0.29, 0.717) is 0 Å². The third kappa shape index (κ3) is 5.36. The Labute approximate surface area is 206 Å². The topological polar surface area (TPSA) is 3.24 Å². The number of anilines is 3. The van der Waals surface area contributed by atoms with E-state index in [0.717, 1.165) is 0 Å². The fourth-order valence-corrected chi connectivity index (χ4v) is 4.62. The fraction of sp³-hybridized carbons (Fsp3) is 0. The number of fused-ring (bicyclic) bond motifs is 3. The zero-order valence-corrected chi connectivity index (χ0v) is 21.4. The van der Waals surface area contributed by atoms with Crippen molar-refractivity contribution in [1.82, 2.24) is 0 Å². The predicted octanol–water partition coefficient (Wildman–Crippen LogP) is 9.28. The van der Waals surface area contributed by atoms with E-state index < -0.39 is 20.8 Å². The monoisotopic (exact) mass is 537 g/mol. The van der Waals surface area contributed by atoms with Crippen molar-refractivity contribution in [2.45, 2.75) is 9.79 Å². The molecule has 5 aromatic carbocycles. The summed E-state index contributed by atoms with van der Waals surface area (Å²) in [5, 5.41) is 2.58. The maximum absolute atomic E-state index is 4.93. The van der Waals surface area contributed by atoms with Gasteiger partial charge in [-0.25, -0.2) is 12.1 Å². The van der Waals surface area contributed by atoms with Gasteiger partial charge in [0.15, 0.2) is 0 Å². The number of rotatable bonds is 1. The van der Waals surface area contributed by atoms with Crippen LogP contribution in [0.5, 0.6) is 0 Å². The van der Waals surface area contributed by atoms with Gasteiger partial charge in [0.2, 0.25) is 0 Å². The maximum Gasteiger partial charge on any atom is 0.0584 e. The molecule has 1 nitrogen and oxygen atoms in total. The first kappa shape index (κ1) is 22.4. The van der Waals surface area contributed by atoms with E-state index in [9.17, 15) is 0 Å². The maximum atomic E-state index is 4.93. The van der Waals surface area contributed by atoms with Crippen LogP contribution < -0.4 is 4.90 Å². The number of hydrogen-bond donors (Lipinski definition) is 0. The number of benzene rings is 3. The number of hydrogen-bond acceptors (Lipinski definition) is 2. The summed E-state index contributed by atoms with van der Waals surface area (Å²) in [5.41, 5.74) is 3.74. The molecule has 5 aromatic rings. The molecule has 0 saturated heterocycles. The summed E-state index contributed by atoms with van der Waals surface area (Å²) in [6, 6.07) is 40.4. The third-order valence-corrected chi connectivity index (χ3v) is 5.98. The first-order chi connectivity index (χ1) is 15.3. The molecular weight excluding hydrogens is 520 g/mol. The van der Waals surface area contributed by atoms with Crippen molar-refractivity contribution in [2.24, 2.45) is 0 Å². The van der Waals surface area contributed by atoms with E-state index >= 15 is 0 Å². The molecular formula is C26H19Cl2NSZr. The molecule has 0 aromatic heterocycles. The molecule has 0 unspecified atom stereocenters. The molecule has 0 fully saturated rings. The van der Waals surface area contributed by atoms with Gasteiger partial charge in [-0.2, -0.15) is 18.2 Å². The quantitative estimate of drug-likeness (QED) is 0.192. The Morgan fingerprint density at radius 2 is 1.26 bits per heavy atom. The van der Waals surface area contributed by atoms with Crippen molar-refractivity contribution in [3.8, 4) is 0 Å². The van der Waals surface area contributed by atoms with Gasteiger partial charge in [0.1, 0.15) is 0 Å². The molecule has 1 heterocycles. The fourth-order valence-electron chi connectivity index (χ4n) is 3.57. The van der Waals surface area contributed by atoms with Crippen LogP contribution in [-0.4, -0.2) is 0 Å². The largest absolute Gasteiger partial charge is 0.327 e. The second-order valence-electron chi connectivity index (χ2n) is 6.75. The van der Waals surface area contributed by atoms with Crippen molar-refractivity contribution in [3.63, 3.8) is 0 Å². The molecule has 5 heteroatoms. The van der Waals surface area contributed by atoms with Crippen molar-refractivity contribution in [3.05, 3.63) is 115 Å². The first-order valence-corrected chi connectivity index (χ1v) is 16.9. The summed E-state index contributed by atoms with van der Waals surface area (Å²) in [4.78, 5) is 4.98. The van der Waals surface area contributed by atoms with Gasteiger partial charge in [-0.3, -0.25) is 0 Å². The van der Waals surface area contributed by atoms with Crippen LogP contribution in [0.3, 0.4) is 0 Å². The minimum atomic E-state index is -0.826. The standard InChI is InChI=1S/C21H14NS.C5H5.2ClH.Zr/c1-2-8-16-14-17(13-15(16)7-1)22-18-9-3-5-11-20(18)23-21-12-6-4-10-19(21)22;1-2-4-5-3-1;;;/h1-14H;1-5H;2*1H;/q2*-1;;;+4/p-2. The zero-order chi connectivity index (χ0) is 21.5. The Morgan fingerprint density at radius 1 is 0.710 bits per heavy atom. The smallest absolute Gasteiger partial charge is 0.0584 e. The van der Waals surface area contributed by atoms with Crippen LogP contribution in [0.25, 0.3) is 10.8 Å². The Kier molecular flexibility index (Phi) is 8.10. The van der Waals surface area contributed by atoms with Crippen LogP contribution in [0.4, 0.5) is 17.1 Å². The van der Waals surface area contributed by atoms with Crippen LogP contribution in [0.2, 0.25) is 0 Å². The second kappa shape index (κ2) is 11.2. The van der Waals surface area contributed by atoms with Gasteiger partial charge in [-0.15, -0.1) is 41.1 Å². The Morgan fingerprint density at radius 3 is 1.81 bits per heavy atom. The van der Waals surface area contributed by atoms with Gasteiger partial charge >= 0.3 is 37.9 Å². The van der Waals surface area contributed by atoms with Crippen molar-refractivity contribution in [1.29, 1.82) is 0 Å². The van der Waals surface area contributed by atoms with E-state index in [1.165, 1.54) is 37.6 Å². The van der Waals surface area contributed by atoms with E-state index in [4.69, 9.17) is 17.0 Å². The minimum Gasteiger partial charge on any atom is -0.327 e. The molecule has 0 radical (unpaired) electrons. The SMILES string of the molecule is [Cl][Zr+2][Cl].c1cc[cH-]c1.c1ccc2c(c1)Sc1ccccc1N2c1cc2ccccc2[cH-]1. The Hall–Kier alpha value is -1.77. The van der Waals surface area contributed by atoms with E-state index in [-0.39, 0.29) is 0 Å². The average molecular weight is 540 g/mol. The summed E-state index contributed by atoms with van der Waals surface area (Å²) < 4.78 is 0. The van der Waals surface area contributed by atoms with Gasteiger partial charge < -0.3 is 4.90 Å². The van der Waals surface area contributed by atoms with Gasteiger partial charge in [0.05, 0.1) is 11.4 Å². The Bertz CT molecular complexity index is 1140. The number of nitrogens with zero attached hydrogens (tertiary/aromatic N) is 1. The van der Waals surface area contributed by atoms with Gasteiger partial charge in [0, 0.05) is 9.79 Å². The zero-order valence-electron chi connectivity index (χ0n) is 16.6. The first-order valence-electron chi connectivity index (χ1n) is 9.76. The molecule has 0 N–H and O–H groups in total. The normalized spacial score (nSPS) is 11.2. The van der Waals surface area contributed by atoms with Crippen molar-refractivity contribution in [2.75, 3.05) is 4.90 Å². The van der Waals surface area contributed by atoms with Crippen LogP contribution in [-0.2, 0) is 20.8 Å². The molecule has 0 saturated carbocycles. The molecule has 1 aliphatic heterocycles. The molecule has 0 bridgehead atoms. The summed E-state index contributed by atoms with van der Waals surface area (Å²) in [6.45, 7) is 0. The molecule has 1 aliphatic rings. The summed E-state index contributed by atoms with van der Waals surface area (Å²) in [7, 11) is 9.87. The van der Waals surface area contributed by atoms with E-state index in [2.05, 4.69) is 89.8 Å².